The summed E-state index contributed by atoms with van der Waals surface area (Å²) in [5.41, 5.74) is 0. The Hall–Kier alpha value is -4.45. The molecule has 6 nitrogen and oxygen atoms in total. The first kappa shape index (κ1) is 68.6. The van der Waals surface area contributed by atoms with Gasteiger partial charge in [0.15, 0.2) is 6.10 Å². The van der Waals surface area contributed by atoms with Crippen LogP contribution in [-0.4, -0.2) is 37.2 Å². The topological polar surface area (TPSA) is 78.9 Å². The average molecular weight is 1010 g/mol. The van der Waals surface area contributed by atoms with Crippen LogP contribution in [0.4, 0.5) is 0 Å². The number of carbonyl (C=O) groups excluding carboxylic acids is 3. The Balaban J connectivity index is 4.57. The minimum absolute atomic E-state index is 0.121. The third-order valence-electron chi connectivity index (χ3n) is 12.2. The minimum Gasteiger partial charge on any atom is -0.462 e. The van der Waals surface area contributed by atoms with Crippen molar-refractivity contribution >= 4 is 17.9 Å². The van der Waals surface area contributed by atoms with Crippen LogP contribution >= 0.6 is 0 Å². The lowest BCUT2D eigenvalue weighted by atomic mass is 10.0. The first-order valence-corrected chi connectivity index (χ1v) is 29.7. The lowest BCUT2D eigenvalue weighted by Gasteiger charge is -2.18. The standard InChI is InChI=1S/C67H108O6/c1-4-7-10-13-16-19-22-25-28-31-33-36-39-42-45-48-51-54-57-60-66(69)72-63-64(62-71-65(68)59-56-53-50-47-44-41-38-35-30-27-24-21-18-15-12-9-6-3)73-67(70)61-58-55-52-49-46-43-40-37-34-32-29-26-23-20-17-14-11-8-5-2/h7-8,10-11,16-17,19-20,25-26,28-29,33-34,36-37,42-43,45-46,52,55,64H,4-6,9,12-15,18,21-24,27,30-32,35,38-41,44,47-51,53-54,56-63H2,1-3H3/b10-7-,11-8-,19-16-,20-17-,28-25-,29-26-,36-33-,37-34-,45-42-,46-43-,55-52-/t64-/m0/s1. The molecule has 0 N–H and O–H groups in total. The van der Waals surface area contributed by atoms with E-state index < -0.39 is 12.1 Å². The van der Waals surface area contributed by atoms with E-state index in [2.05, 4.69) is 142 Å². The summed E-state index contributed by atoms with van der Waals surface area (Å²) in [5, 5.41) is 0. The average Bonchev–Trinajstić information content (AvgIpc) is 3.39. The van der Waals surface area contributed by atoms with Crippen LogP contribution < -0.4 is 0 Å². The predicted octanol–water partition coefficient (Wildman–Crippen LogP) is 20.2. The number of allylic oxidation sites excluding steroid dienone is 22. The SMILES string of the molecule is CC/C=C\C/C=C\C/C=C\C/C=C\C/C=C\C/C=C\CCC(=O)O[C@H](COC(=O)CCCCC/C=C\C/C=C\C/C=C\C/C=C\C/C=C\CC)COC(=O)CCCCCCCCCCCCCCCCCCC. The van der Waals surface area contributed by atoms with Crippen molar-refractivity contribution in [1.29, 1.82) is 0 Å². The molecule has 0 aromatic heterocycles. The molecule has 0 saturated heterocycles. The van der Waals surface area contributed by atoms with Gasteiger partial charge in [-0.25, -0.2) is 0 Å². The fourth-order valence-electron chi connectivity index (χ4n) is 7.79. The quantitative estimate of drug-likeness (QED) is 0.0261. The zero-order valence-electron chi connectivity index (χ0n) is 47.1. The van der Waals surface area contributed by atoms with Crippen molar-refractivity contribution in [2.45, 2.75) is 258 Å². The Labute approximate surface area is 449 Å². The van der Waals surface area contributed by atoms with Crippen molar-refractivity contribution in [2.75, 3.05) is 13.2 Å². The van der Waals surface area contributed by atoms with E-state index in [1.807, 2.05) is 12.2 Å². The first-order chi connectivity index (χ1) is 36.0. The molecule has 0 spiro atoms. The normalized spacial score (nSPS) is 13.1. The van der Waals surface area contributed by atoms with Crippen molar-refractivity contribution < 1.29 is 28.6 Å². The van der Waals surface area contributed by atoms with Gasteiger partial charge in [-0.1, -0.05) is 264 Å². The molecule has 0 aromatic rings. The summed E-state index contributed by atoms with van der Waals surface area (Å²) in [6.07, 6.45) is 84.6. The highest BCUT2D eigenvalue weighted by Crippen LogP contribution is 2.15. The van der Waals surface area contributed by atoms with Crippen LogP contribution in [0.5, 0.6) is 0 Å². The second-order valence-electron chi connectivity index (χ2n) is 19.1. The van der Waals surface area contributed by atoms with Crippen LogP contribution in [0.2, 0.25) is 0 Å². The molecular formula is C67H108O6. The molecule has 412 valence electrons. The second kappa shape index (κ2) is 60.1. The van der Waals surface area contributed by atoms with E-state index >= 15 is 0 Å². The number of esters is 3. The largest absolute Gasteiger partial charge is 0.462 e. The Bertz CT molecular complexity index is 1580. The predicted molar refractivity (Wildman–Crippen MR) is 316 cm³/mol. The molecule has 0 aliphatic heterocycles. The molecule has 1 atom stereocenters. The third-order valence-corrected chi connectivity index (χ3v) is 12.2. The fraction of sp³-hybridized carbons (Fsp3) is 0.627. The number of ether oxygens (including phenoxy) is 3. The number of carbonyl (C=O) groups is 3. The van der Waals surface area contributed by atoms with Crippen molar-refractivity contribution in [1.82, 2.24) is 0 Å². The summed E-state index contributed by atoms with van der Waals surface area (Å²) >= 11 is 0. The van der Waals surface area contributed by atoms with Gasteiger partial charge in [0.2, 0.25) is 0 Å². The maximum absolute atomic E-state index is 12.8. The Morgan fingerprint density at radius 3 is 0.890 bits per heavy atom. The number of hydrogen-bond acceptors (Lipinski definition) is 6. The molecule has 73 heavy (non-hydrogen) atoms. The van der Waals surface area contributed by atoms with E-state index in [-0.39, 0.29) is 31.6 Å². The van der Waals surface area contributed by atoms with E-state index in [0.29, 0.717) is 19.3 Å². The molecule has 0 bridgehead atoms. The monoisotopic (exact) mass is 1010 g/mol. The Morgan fingerprint density at radius 2 is 0.562 bits per heavy atom. The summed E-state index contributed by atoms with van der Waals surface area (Å²) in [6.45, 7) is 6.33. The molecule has 0 unspecified atom stereocenters. The van der Waals surface area contributed by atoms with Crippen LogP contribution in [0.3, 0.4) is 0 Å². The van der Waals surface area contributed by atoms with Gasteiger partial charge in [-0.15, -0.1) is 0 Å². The van der Waals surface area contributed by atoms with Crippen molar-refractivity contribution in [3.05, 3.63) is 134 Å². The van der Waals surface area contributed by atoms with Crippen LogP contribution in [-0.2, 0) is 28.6 Å². The van der Waals surface area contributed by atoms with E-state index in [0.717, 1.165) is 116 Å². The lowest BCUT2D eigenvalue weighted by Crippen LogP contribution is -2.30. The fourth-order valence-corrected chi connectivity index (χ4v) is 7.79. The van der Waals surface area contributed by atoms with Crippen LogP contribution in [0, 0.1) is 0 Å². The number of hydrogen-bond donors (Lipinski definition) is 0. The Morgan fingerprint density at radius 1 is 0.288 bits per heavy atom. The smallest absolute Gasteiger partial charge is 0.306 e. The second-order valence-corrected chi connectivity index (χ2v) is 19.1. The zero-order valence-corrected chi connectivity index (χ0v) is 47.1. The highest BCUT2D eigenvalue weighted by atomic mass is 16.6. The van der Waals surface area contributed by atoms with Crippen LogP contribution in [0.15, 0.2) is 134 Å². The van der Waals surface area contributed by atoms with Gasteiger partial charge in [0.05, 0.1) is 0 Å². The van der Waals surface area contributed by atoms with Crippen LogP contribution in [0.25, 0.3) is 0 Å². The molecule has 0 heterocycles. The van der Waals surface area contributed by atoms with E-state index in [1.165, 1.54) is 89.9 Å². The summed E-state index contributed by atoms with van der Waals surface area (Å²) in [6, 6.07) is 0. The van der Waals surface area contributed by atoms with Gasteiger partial charge in [-0.3, -0.25) is 14.4 Å². The highest BCUT2D eigenvalue weighted by molar-refractivity contribution is 5.71. The molecule has 0 aliphatic rings. The van der Waals surface area contributed by atoms with Gasteiger partial charge < -0.3 is 14.2 Å². The first-order valence-electron chi connectivity index (χ1n) is 29.7. The molecule has 0 aromatic carbocycles. The molecular weight excluding hydrogens is 901 g/mol. The molecule has 6 heteroatoms. The van der Waals surface area contributed by atoms with Gasteiger partial charge in [-0.2, -0.15) is 0 Å². The summed E-state index contributed by atoms with van der Waals surface area (Å²) in [7, 11) is 0. The molecule has 0 amide bonds. The summed E-state index contributed by atoms with van der Waals surface area (Å²) < 4.78 is 16.8. The maximum Gasteiger partial charge on any atom is 0.306 e. The van der Waals surface area contributed by atoms with Crippen LogP contribution in [0.1, 0.15) is 252 Å². The molecule has 0 rings (SSSR count). The van der Waals surface area contributed by atoms with E-state index in [9.17, 15) is 14.4 Å². The van der Waals surface area contributed by atoms with E-state index in [1.54, 1.807) is 0 Å². The zero-order chi connectivity index (χ0) is 52.9. The van der Waals surface area contributed by atoms with Gasteiger partial charge in [0, 0.05) is 19.3 Å². The highest BCUT2D eigenvalue weighted by Gasteiger charge is 2.19. The van der Waals surface area contributed by atoms with Gasteiger partial charge in [0.25, 0.3) is 0 Å². The molecule has 0 saturated carbocycles. The molecule has 0 fully saturated rings. The number of rotatable bonds is 52. The molecule has 0 radical (unpaired) electrons. The number of unbranched alkanes of at least 4 members (excludes halogenated alkanes) is 19. The lowest BCUT2D eigenvalue weighted by molar-refractivity contribution is -0.166. The third kappa shape index (κ3) is 58.3. The van der Waals surface area contributed by atoms with Crippen molar-refractivity contribution in [3.8, 4) is 0 Å². The van der Waals surface area contributed by atoms with Crippen molar-refractivity contribution in [3.63, 3.8) is 0 Å². The van der Waals surface area contributed by atoms with Crippen molar-refractivity contribution in [2.24, 2.45) is 0 Å². The van der Waals surface area contributed by atoms with Gasteiger partial charge in [0.1, 0.15) is 13.2 Å². The van der Waals surface area contributed by atoms with Gasteiger partial charge >= 0.3 is 17.9 Å². The summed E-state index contributed by atoms with van der Waals surface area (Å²) in [5.74, 6) is -1.04. The summed E-state index contributed by atoms with van der Waals surface area (Å²) in [4.78, 5) is 38.2. The Kier molecular flexibility index (Phi) is 56.4. The van der Waals surface area contributed by atoms with Gasteiger partial charge in [-0.05, 0) is 103 Å². The van der Waals surface area contributed by atoms with E-state index in [4.69, 9.17) is 14.2 Å². The molecule has 0 aliphatic carbocycles. The minimum atomic E-state index is -0.837. The maximum atomic E-state index is 12.8.